The second-order valence-electron chi connectivity index (χ2n) is 3.78. The summed E-state index contributed by atoms with van der Waals surface area (Å²) in [6, 6.07) is 0. The summed E-state index contributed by atoms with van der Waals surface area (Å²) in [4.78, 5) is 0. The summed E-state index contributed by atoms with van der Waals surface area (Å²) in [5.41, 5.74) is 0. The molecule has 1 saturated carbocycles. The van der Waals surface area contributed by atoms with Gasteiger partial charge in [-0.1, -0.05) is 12.8 Å². The van der Waals surface area contributed by atoms with Gasteiger partial charge in [-0.05, 0) is 12.8 Å². The lowest BCUT2D eigenvalue weighted by Gasteiger charge is -2.29. The predicted octanol–water partition coefficient (Wildman–Crippen LogP) is 0.316. The van der Waals surface area contributed by atoms with E-state index in [-0.39, 0.29) is 10.5 Å². The van der Waals surface area contributed by atoms with Crippen LogP contribution >= 0.6 is 0 Å². The van der Waals surface area contributed by atoms with Crippen molar-refractivity contribution in [2.75, 3.05) is 13.1 Å². The Morgan fingerprint density at radius 3 is 2.00 bits per heavy atom. The summed E-state index contributed by atoms with van der Waals surface area (Å²) >= 11 is 0. The van der Waals surface area contributed by atoms with Crippen molar-refractivity contribution in [3.8, 4) is 0 Å². The number of hydrogen-bond acceptors (Lipinski definition) is 3. The molecule has 0 bridgehead atoms. The quantitative estimate of drug-likeness (QED) is 0.680. The van der Waals surface area contributed by atoms with Crippen LogP contribution in [0.3, 0.4) is 0 Å². The first kappa shape index (κ1) is 8.51. The highest BCUT2D eigenvalue weighted by molar-refractivity contribution is 7.92. The molecule has 1 aliphatic carbocycles. The van der Waals surface area contributed by atoms with E-state index in [1.807, 2.05) is 0 Å². The van der Waals surface area contributed by atoms with Crippen LogP contribution in [0.1, 0.15) is 25.7 Å². The fraction of sp³-hybridized carbons (Fsp3) is 1.00. The zero-order valence-electron chi connectivity index (χ0n) is 7.12. The summed E-state index contributed by atoms with van der Waals surface area (Å²) in [5, 5.41) is 2.93. The number of hydrogen-bond donors (Lipinski definition) is 1. The lowest BCUT2D eigenvalue weighted by Crippen LogP contribution is -2.53. The summed E-state index contributed by atoms with van der Waals surface area (Å²) in [6.45, 7) is 1.36. The maximum atomic E-state index is 11.8. The van der Waals surface area contributed by atoms with Gasteiger partial charge in [0.15, 0.2) is 9.84 Å². The van der Waals surface area contributed by atoms with E-state index < -0.39 is 9.84 Å². The molecule has 2 rings (SSSR count). The summed E-state index contributed by atoms with van der Waals surface area (Å²) < 4.78 is 23.6. The van der Waals surface area contributed by atoms with Crippen molar-refractivity contribution in [3.63, 3.8) is 0 Å². The van der Waals surface area contributed by atoms with Crippen molar-refractivity contribution in [1.82, 2.24) is 5.32 Å². The van der Waals surface area contributed by atoms with Gasteiger partial charge in [0, 0.05) is 13.1 Å². The fourth-order valence-electron chi connectivity index (χ4n) is 1.98. The Morgan fingerprint density at radius 1 is 1.00 bits per heavy atom. The van der Waals surface area contributed by atoms with Crippen LogP contribution in [0.25, 0.3) is 0 Å². The van der Waals surface area contributed by atoms with Crippen LogP contribution in [-0.4, -0.2) is 32.0 Å². The predicted molar refractivity (Wildman–Crippen MR) is 47.8 cm³/mol. The van der Waals surface area contributed by atoms with Crippen LogP contribution < -0.4 is 5.32 Å². The summed E-state index contributed by atoms with van der Waals surface area (Å²) in [7, 11) is -2.76. The molecule has 1 aliphatic heterocycles. The fourth-order valence-corrected chi connectivity index (χ4v) is 4.22. The van der Waals surface area contributed by atoms with E-state index in [0.717, 1.165) is 25.7 Å². The lowest BCUT2D eigenvalue weighted by molar-refractivity contribution is 0.487. The first-order valence-corrected chi connectivity index (χ1v) is 6.25. The Morgan fingerprint density at radius 2 is 1.58 bits per heavy atom. The molecule has 70 valence electrons. The van der Waals surface area contributed by atoms with E-state index >= 15 is 0 Å². The Kier molecular flexibility index (Phi) is 2.12. The van der Waals surface area contributed by atoms with Crippen molar-refractivity contribution in [1.29, 1.82) is 0 Å². The molecular weight excluding hydrogens is 174 g/mol. The first-order chi connectivity index (χ1) is 5.71. The molecule has 12 heavy (non-hydrogen) atoms. The van der Waals surface area contributed by atoms with Gasteiger partial charge in [0.05, 0.1) is 10.5 Å². The Balaban J connectivity index is 2.08. The zero-order valence-corrected chi connectivity index (χ0v) is 7.94. The van der Waals surface area contributed by atoms with E-state index in [9.17, 15) is 8.42 Å². The zero-order chi connectivity index (χ0) is 8.60. The molecule has 0 spiro atoms. The van der Waals surface area contributed by atoms with E-state index in [0.29, 0.717) is 13.1 Å². The highest BCUT2D eigenvalue weighted by Gasteiger charge is 2.38. The average Bonchev–Trinajstić information content (AvgIpc) is 2.30. The van der Waals surface area contributed by atoms with E-state index in [4.69, 9.17) is 0 Å². The summed E-state index contributed by atoms with van der Waals surface area (Å²) in [5.74, 6) is 0. The number of sulfone groups is 1. The van der Waals surface area contributed by atoms with Crippen LogP contribution in [0.5, 0.6) is 0 Å². The highest BCUT2D eigenvalue weighted by atomic mass is 32.2. The first-order valence-electron chi connectivity index (χ1n) is 4.64. The van der Waals surface area contributed by atoms with Crippen molar-refractivity contribution >= 4 is 9.84 Å². The van der Waals surface area contributed by atoms with Crippen LogP contribution in [0, 0.1) is 0 Å². The maximum Gasteiger partial charge on any atom is 0.158 e. The van der Waals surface area contributed by atoms with Gasteiger partial charge in [-0.2, -0.15) is 0 Å². The Hall–Kier alpha value is -0.0900. The molecule has 0 radical (unpaired) electrons. The normalized spacial score (nSPS) is 27.3. The molecule has 3 nitrogen and oxygen atoms in total. The van der Waals surface area contributed by atoms with Crippen molar-refractivity contribution < 1.29 is 8.42 Å². The monoisotopic (exact) mass is 189 g/mol. The van der Waals surface area contributed by atoms with Gasteiger partial charge in [-0.25, -0.2) is 8.42 Å². The van der Waals surface area contributed by atoms with Gasteiger partial charge in [-0.15, -0.1) is 0 Å². The van der Waals surface area contributed by atoms with E-state index in [1.54, 1.807) is 0 Å². The van der Waals surface area contributed by atoms with Crippen LogP contribution in [-0.2, 0) is 9.84 Å². The standard InChI is InChI=1S/C8H15NO2S/c10-12(11,8-5-9-6-8)7-3-1-2-4-7/h7-9H,1-6H2. The largest absolute Gasteiger partial charge is 0.314 e. The third-order valence-electron chi connectivity index (χ3n) is 2.98. The minimum Gasteiger partial charge on any atom is -0.314 e. The van der Waals surface area contributed by atoms with Crippen LogP contribution in [0.4, 0.5) is 0 Å². The molecule has 0 aromatic rings. The van der Waals surface area contributed by atoms with Crippen molar-refractivity contribution in [2.24, 2.45) is 0 Å². The average molecular weight is 189 g/mol. The second-order valence-corrected chi connectivity index (χ2v) is 6.29. The highest BCUT2D eigenvalue weighted by Crippen LogP contribution is 2.28. The lowest BCUT2D eigenvalue weighted by atomic mass is 10.3. The van der Waals surface area contributed by atoms with E-state index in [1.165, 1.54) is 0 Å². The second kappa shape index (κ2) is 3.00. The maximum absolute atomic E-state index is 11.8. The SMILES string of the molecule is O=S(=O)(C1CCCC1)C1CNC1. The molecular formula is C8H15NO2S. The molecule has 4 heteroatoms. The molecule has 1 heterocycles. The van der Waals surface area contributed by atoms with Gasteiger partial charge < -0.3 is 5.32 Å². The topological polar surface area (TPSA) is 46.2 Å². The molecule has 0 aromatic carbocycles. The smallest absolute Gasteiger partial charge is 0.158 e. The van der Waals surface area contributed by atoms with Gasteiger partial charge in [0.25, 0.3) is 0 Å². The number of nitrogens with one attached hydrogen (secondary N) is 1. The van der Waals surface area contributed by atoms with Crippen molar-refractivity contribution in [2.45, 2.75) is 36.2 Å². The summed E-state index contributed by atoms with van der Waals surface area (Å²) in [6.07, 6.45) is 4.01. The molecule has 0 unspecified atom stereocenters. The van der Waals surface area contributed by atoms with Gasteiger partial charge >= 0.3 is 0 Å². The molecule has 0 aromatic heterocycles. The third kappa shape index (κ3) is 1.27. The molecule has 2 fully saturated rings. The minimum absolute atomic E-state index is 0.00963. The van der Waals surface area contributed by atoms with Crippen LogP contribution in [0.2, 0.25) is 0 Å². The van der Waals surface area contributed by atoms with E-state index in [2.05, 4.69) is 5.32 Å². The molecule has 0 amide bonds. The Labute approximate surface area is 73.5 Å². The number of rotatable bonds is 2. The molecule has 1 N–H and O–H groups in total. The molecule has 2 aliphatic rings. The van der Waals surface area contributed by atoms with Gasteiger partial charge in [0.1, 0.15) is 0 Å². The third-order valence-corrected chi connectivity index (χ3v) is 5.64. The molecule has 1 saturated heterocycles. The Bertz CT molecular complexity index is 250. The van der Waals surface area contributed by atoms with Gasteiger partial charge in [-0.3, -0.25) is 0 Å². The minimum atomic E-state index is -2.76. The van der Waals surface area contributed by atoms with Gasteiger partial charge in [0.2, 0.25) is 0 Å². The van der Waals surface area contributed by atoms with Crippen LogP contribution in [0.15, 0.2) is 0 Å². The molecule has 0 atom stereocenters. The van der Waals surface area contributed by atoms with Crippen molar-refractivity contribution in [3.05, 3.63) is 0 Å².